The van der Waals surface area contributed by atoms with E-state index in [0.29, 0.717) is 0 Å². The zero-order valence-electron chi connectivity index (χ0n) is 30.8. The molecule has 0 saturated heterocycles. The van der Waals surface area contributed by atoms with Crippen molar-refractivity contribution in [2.24, 2.45) is 0 Å². The van der Waals surface area contributed by atoms with Gasteiger partial charge in [-0.3, -0.25) is 9.11 Å². The molecule has 0 aliphatic rings. The van der Waals surface area contributed by atoms with E-state index in [4.69, 9.17) is 0 Å². The van der Waals surface area contributed by atoms with Crippen molar-refractivity contribution in [3.05, 3.63) is 81.4 Å². The highest BCUT2D eigenvalue weighted by Crippen LogP contribution is 2.42. The fourth-order valence-corrected chi connectivity index (χ4v) is 8.41. The van der Waals surface area contributed by atoms with E-state index in [1.807, 2.05) is 0 Å². The molecule has 49 heavy (non-hydrogen) atoms. The molecule has 0 aromatic heterocycles. The Morgan fingerprint density at radius 3 is 1.18 bits per heavy atom. The molecule has 0 unspecified atom stereocenters. The minimum absolute atomic E-state index is 0.232. The topological polar surface area (TPSA) is 115 Å². The Morgan fingerprint density at radius 1 is 0.551 bits per heavy atom. The second kappa shape index (κ2) is 17.8. The van der Waals surface area contributed by atoms with Crippen molar-refractivity contribution >= 4 is 31.6 Å². The van der Waals surface area contributed by atoms with Crippen LogP contribution < -0.4 is 9.80 Å². The maximum Gasteiger partial charge on any atom is 0.294 e. The molecule has 272 valence electrons. The molecule has 0 fully saturated rings. The van der Waals surface area contributed by atoms with Gasteiger partial charge in [-0.2, -0.15) is 16.8 Å². The molecule has 0 bridgehead atoms. The fraction of sp³-hybridized carbons (Fsp3) is 0.538. The van der Waals surface area contributed by atoms with Gasteiger partial charge in [0.05, 0.1) is 9.79 Å². The summed E-state index contributed by atoms with van der Waals surface area (Å²) in [5.41, 5.74) is 8.48. The van der Waals surface area contributed by atoms with Crippen LogP contribution in [0.2, 0.25) is 0 Å². The molecule has 0 aliphatic heterocycles. The van der Waals surface area contributed by atoms with Gasteiger partial charge in [-0.1, -0.05) is 83.7 Å². The van der Waals surface area contributed by atoms with E-state index in [1.54, 1.807) is 0 Å². The number of nitrogens with zero attached hydrogens (tertiary/aromatic N) is 2. The van der Waals surface area contributed by atoms with E-state index in [0.717, 1.165) is 117 Å². The molecule has 0 radical (unpaired) electrons. The average Bonchev–Trinajstić information content (AvgIpc) is 3.01. The Balaban J connectivity index is 2.37. The van der Waals surface area contributed by atoms with Gasteiger partial charge in [-0.15, -0.1) is 0 Å². The molecule has 0 atom stereocenters. The van der Waals surface area contributed by atoms with Gasteiger partial charge in [-0.25, -0.2) is 0 Å². The summed E-state index contributed by atoms with van der Waals surface area (Å²) in [6.45, 7) is 20.8. The van der Waals surface area contributed by atoms with Crippen LogP contribution in [0.4, 0.5) is 11.4 Å². The number of anilines is 2. The fourth-order valence-electron chi connectivity index (χ4n) is 7.07. The SMILES string of the molecule is CCCCN(CCCC)c1c(C)cc(C(c2cc(C)c(N(CCCC)CCCC)c(C)c2)c2ccc(S(=O)(=O)O)cc2S(=O)(=O)O)cc1C. The van der Waals surface area contributed by atoms with Crippen molar-refractivity contribution in [2.45, 2.75) is 122 Å². The van der Waals surface area contributed by atoms with Crippen LogP contribution in [0.5, 0.6) is 0 Å². The summed E-state index contributed by atoms with van der Waals surface area (Å²) in [6, 6.07) is 11.8. The average molecular weight is 715 g/mol. The minimum Gasteiger partial charge on any atom is -0.371 e. The van der Waals surface area contributed by atoms with E-state index >= 15 is 0 Å². The smallest absolute Gasteiger partial charge is 0.294 e. The molecular weight excluding hydrogens is 657 g/mol. The van der Waals surface area contributed by atoms with E-state index in [9.17, 15) is 25.9 Å². The van der Waals surface area contributed by atoms with Gasteiger partial charge < -0.3 is 9.80 Å². The lowest BCUT2D eigenvalue weighted by molar-refractivity contribution is 0.480. The summed E-state index contributed by atoms with van der Waals surface area (Å²) in [6.07, 6.45) is 8.63. The maximum atomic E-state index is 12.9. The molecular formula is C39H58N2O6S2. The van der Waals surface area contributed by atoms with Crippen molar-refractivity contribution in [1.82, 2.24) is 0 Å². The molecule has 0 spiro atoms. The van der Waals surface area contributed by atoms with E-state index < -0.39 is 35.9 Å². The molecule has 3 aromatic carbocycles. The van der Waals surface area contributed by atoms with Crippen molar-refractivity contribution in [2.75, 3.05) is 36.0 Å². The van der Waals surface area contributed by atoms with E-state index in [2.05, 4.69) is 89.5 Å². The molecule has 10 heteroatoms. The number of unbranched alkanes of at least 4 members (excludes halogenated alkanes) is 4. The number of rotatable bonds is 19. The lowest BCUT2D eigenvalue weighted by Crippen LogP contribution is -2.27. The zero-order valence-corrected chi connectivity index (χ0v) is 32.5. The van der Waals surface area contributed by atoms with Gasteiger partial charge in [-0.05, 0) is 104 Å². The molecule has 0 saturated carbocycles. The van der Waals surface area contributed by atoms with Crippen LogP contribution >= 0.6 is 0 Å². The molecule has 0 heterocycles. The summed E-state index contributed by atoms with van der Waals surface area (Å²) in [5, 5.41) is 0. The van der Waals surface area contributed by atoms with Crippen molar-refractivity contribution in [3.63, 3.8) is 0 Å². The highest BCUT2D eigenvalue weighted by Gasteiger charge is 2.29. The quantitative estimate of drug-likeness (QED) is 0.0933. The highest BCUT2D eigenvalue weighted by atomic mass is 32.2. The summed E-state index contributed by atoms with van der Waals surface area (Å²) < 4.78 is 70.3. The first-order chi connectivity index (χ1) is 23.1. The monoisotopic (exact) mass is 714 g/mol. The van der Waals surface area contributed by atoms with Crippen molar-refractivity contribution in [1.29, 1.82) is 0 Å². The van der Waals surface area contributed by atoms with Crippen LogP contribution in [0.15, 0.2) is 52.3 Å². The van der Waals surface area contributed by atoms with Gasteiger partial charge >= 0.3 is 0 Å². The van der Waals surface area contributed by atoms with Crippen LogP contribution in [-0.2, 0) is 20.2 Å². The molecule has 0 amide bonds. The van der Waals surface area contributed by atoms with Gasteiger partial charge in [0.2, 0.25) is 0 Å². The summed E-state index contributed by atoms with van der Waals surface area (Å²) in [7, 11) is -9.63. The van der Waals surface area contributed by atoms with E-state index in [1.165, 1.54) is 23.5 Å². The molecule has 8 nitrogen and oxygen atoms in total. The number of hydrogen-bond acceptors (Lipinski definition) is 6. The third kappa shape index (κ3) is 10.3. The van der Waals surface area contributed by atoms with Crippen molar-refractivity contribution < 1.29 is 25.9 Å². The molecule has 0 aliphatic carbocycles. The third-order valence-electron chi connectivity index (χ3n) is 9.32. The normalized spacial score (nSPS) is 12.1. The number of aryl methyl sites for hydroxylation is 4. The Bertz CT molecular complexity index is 1650. The first-order valence-corrected chi connectivity index (χ1v) is 20.8. The maximum absolute atomic E-state index is 12.9. The minimum atomic E-state index is -4.89. The lowest BCUT2D eigenvalue weighted by Gasteiger charge is -2.31. The van der Waals surface area contributed by atoms with Crippen LogP contribution in [0.25, 0.3) is 0 Å². The lowest BCUT2D eigenvalue weighted by atomic mass is 9.82. The zero-order chi connectivity index (χ0) is 36.5. The van der Waals surface area contributed by atoms with Crippen LogP contribution in [0.1, 0.15) is 124 Å². The second-order valence-corrected chi connectivity index (χ2v) is 16.3. The van der Waals surface area contributed by atoms with Crippen LogP contribution in [-0.4, -0.2) is 52.1 Å². The molecule has 3 rings (SSSR count). The Kier molecular flexibility index (Phi) is 14.7. The third-order valence-corrected chi connectivity index (χ3v) is 11.1. The summed E-state index contributed by atoms with van der Waals surface area (Å²) in [4.78, 5) is 3.75. The first kappa shape index (κ1) is 40.5. The Morgan fingerprint density at radius 2 is 0.898 bits per heavy atom. The second-order valence-electron chi connectivity index (χ2n) is 13.5. The van der Waals surface area contributed by atoms with Gasteiger partial charge in [0.25, 0.3) is 20.2 Å². The van der Waals surface area contributed by atoms with Crippen LogP contribution in [0, 0.1) is 27.7 Å². The predicted molar refractivity (Wildman–Crippen MR) is 203 cm³/mol. The van der Waals surface area contributed by atoms with Gasteiger partial charge in [0.1, 0.15) is 0 Å². The van der Waals surface area contributed by atoms with E-state index in [-0.39, 0.29) is 5.56 Å². The largest absolute Gasteiger partial charge is 0.371 e. The van der Waals surface area contributed by atoms with Gasteiger partial charge in [0.15, 0.2) is 0 Å². The summed E-state index contributed by atoms with van der Waals surface area (Å²) >= 11 is 0. The first-order valence-electron chi connectivity index (χ1n) is 17.9. The Hall–Kier alpha value is -2.92. The number of benzene rings is 3. The predicted octanol–water partition coefficient (Wildman–Crippen LogP) is 9.41. The number of hydrogen-bond donors (Lipinski definition) is 2. The van der Waals surface area contributed by atoms with Gasteiger partial charge in [0, 0.05) is 43.5 Å². The molecule has 2 N–H and O–H groups in total. The highest BCUT2D eigenvalue weighted by molar-refractivity contribution is 7.86. The summed E-state index contributed by atoms with van der Waals surface area (Å²) in [5.74, 6) is -0.662. The molecule has 3 aromatic rings. The van der Waals surface area contributed by atoms with Crippen LogP contribution in [0.3, 0.4) is 0 Å². The standard InChI is InChI=1S/C39H58N2O6S2/c1-9-13-19-40(20-14-10-2)38-28(5)23-32(24-29(38)6)37(35-18-17-34(48(42,43)44)27-36(35)49(45,46)47)33-25-30(7)39(31(8)26-33)41(21-15-11-3)22-16-12-4/h17-18,23-27,37H,9-16,19-22H2,1-8H3,(H,42,43,44)(H,45,46,47). The van der Waals surface area contributed by atoms with Crippen molar-refractivity contribution in [3.8, 4) is 0 Å². The Labute approximate surface area is 296 Å².